The minimum atomic E-state index is -0.409. The number of nitrogens with two attached hydrogens (primary N) is 1. The summed E-state index contributed by atoms with van der Waals surface area (Å²) in [5.74, 6) is 0.00960. The number of tetrazole rings is 1. The Morgan fingerprint density at radius 1 is 1.47 bits per heavy atom. The molecule has 78 valence electrons. The number of rotatable bonds is 2. The molecular weight excluding hydrogens is 221 g/mol. The van der Waals surface area contributed by atoms with Crippen LogP contribution in [0.3, 0.4) is 0 Å². The Hall–Kier alpha value is -1.53. The van der Waals surface area contributed by atoms with Gasteiger partial charge in [-0.2, -0.15) is 4.68 Å². The van der Waals surface area contributed by atoms with Crippen LogP contribution in [0, 0.1) is 5.82 Å². The molecule has 0 spiro atoms. The average Bonchev–Trinajstić information content (AvgIpc) is 2.69. The van der Waals surface area contributed by atoms with E-state index >= 15 is 0 Å². The number of hydrogen-bond acceptors (Lipinski definition) is 4. The molecule has 5 nitrogen and oxygen atoms in total. The molecular formula is C8H7ClFN5. The lowest BCUT2D eigenvalue weighted by molar-refractivity contribution is 0.624. The summed E-state index contributed by atoms with van der Waals surface area (Å²) in [4.78, 5) is 0. The van der Waals surface area contributed by atoms with Gasteiger partial charge in [0.2, 0.25) is 0 Å². The van der Waals surface area contributed by atoms with Crippen molar-refractivity contribution in [3.63, 3.8) is 0 Å². The first kappa shape index (κ1) is 10.0. The Kier molecular flexibility index (Phi) is 2.61. The van der Waals surface area contributed by atoms with Gasteiger partial charge in [0.1, 0.15) is 5.82 Å². The fourth-order valence-electron chi connectivity index (χ4n) is 1.17. The molecule has 0 unspecified atom stereocenters. The fourth-order valence-corrected chi connectivity index (χ4v) is 1.37. The fraction of sp³-hybridized carbons (Fsp3) is 0.125. The van der Waals surface area contributed by atoms with E-state index in [1.807, 2.05) is 0 Å². The predicted molar refractivity (Wildman–Crippen MR) is 52.0 cm³/mol. The minimum absolute atomic E-state index is 0.153. The molecule has 0 radical (unpaired) electrons. The first-order valence-corrected chi connectivity index (χ1v) is 4.53. The van der Waals surface area contributed by atoms with Gasteiger partial charge in [0, 0.05) is 6.07 Å². The summed E-state index contributed by atoms with van der Waals surface area (Å²) >= 11 is 5.89. The van der Waals surface area contributed by atoms with Gasteiger partial charge in [-0.1, -0.05) is 11.6 Å². The molecule has 0 saturated heterocycles. The molecule has 0 fully saturated rings. The van der Waals surface area contributed by atoms with Gasteiger partial charge in [-0.15, -0.1) is 5.10 Å². The van der Waals surface area contributed by atoms with Crippen LogP contribution in [0.25, 0.3) is 5.69 Å². The monoisotopic (exact) mass is 227 g/mol. The van der Waals surface area contributed by atoms with Crippen LogP contribution in [-0.4, -0.2) is 20.2 Å². The second kappa shape index (κ2) is 3.92. The summed E-state index contributed by atoms with van der Waals surface area (Å²) in [6.07, 6.45) is 0. The van der Waals surface area contributed by atoms with Crippen molar-refractivity contribution >= 4 is 11.6 Å². The van der Waals surface area contributed by atoms with Gasteiger partial charge in [0.25, 0.3) is 0 Å². The van der Waals surface area contributed by atoms with Crippen LogP contribution in [0.15, 0.2) is 18.2 Å². The number of halogens is 2. The van der Waals surface area contributed by atoms with E-state index in [1.165, 1.54) is 22.9 Å². The summed E-state index contributed by atoms with van der Waals surface area (Å²) in [6, 6.07) is 3.95. The summed E-state index contributed by atoms with van der Waals surface area (Å²) in [5, 5.41) is 11.2. The molecule has 0 aliphatic rings. The van der Waals surface area contributed by atoms with Crippen LogP contribution in [0.4, 0.5) is 4.39 Å². The molecule has 0 saturated carbocycles. The summed E-state index contributed by atoms with van der Waals surface area (Å²) in [6.45, 7) is 0.153. The van der Waals surface area contributed by atoms with E-state index in [2.05, 4.69) is 15.5 Å². The third kappa shape index (κ3) is 1.81. The molecule has 0 aliphatic carbocycles. The van der Waals surface area contributed by atoms with E-state index in [-0.39, 0.29) is 6.54 Å². The Balaban J connectivity index is 2.58. The smallest absolute Gasteiger partial charge is 0.170 e. The number of benzene rings is 1. The highest BCUT2D eigenvalue weighted by atomic mass is 35.5. The van der Waals surface area contributed by atoms with Crippen molar-refractivity contribution in [2.75, 3.05) is 0 Å². The molecule has 1 heterocycles. The van der Waals surface area contributed by atoms with Crippen LogP contribution >= 0.6 is 11.6 Å². The second-order valence-corrected chi connectivity index (χ2v) is 3.21. The Morgan fingerprint density at radius 2 is 2.27 bits per heavy atom. The second-order valence-electron chi connectivity index (χ2n) is 2.81. The molecule has 2 rings (SSSR count). The van der Waals surface area contributed by atoms with Gasteiger partial charge in [0.15, 0.2) is 5.82 Å². The highest BCUT2D eigenvalue weighted by molar-refractivity contribution is 6.32. The van der Waals surface area contributed by atoms with E-state index in [4.69, 9.17) is 17.3 Å². The molecule has 2 N–H and O–H groups in total. The van der Waals surface area contributed by atoms with Crippen LogP contribution in [0.5, 0.6) is 0 Å². The molecule has 0 aliphatic heterocycles. The van der Waals surface area contributed by atoms with E-state index in [0.29, 0.717) is 16.5 Å². The standard InChI is InChI=1S/C8H7ClFN5/c9-6-2-1-5(10)3-7(6)15-8(4-11)12-13-14-15/h1-3H,4,11H2. The van der Waals surface area contributed by atoms with Crippen molar-refractivity contribution in [2.45, 2.75) is 6.54 Å². The highest BCUT2D eigenvalue weighted by Crippen LogP contribution is 2.20. The summed E-state index contributed by atoms with van der Waals surface area (Å²) in [7, 11) is 0. The minimum Gasteiger partial charge on any atom is -0.324 e. The molecule has 0 amide bonds. The van der Waals surface area contributed by atoms with Crippen molar-refractivity contribution < 1.29 is 4.39 Å². The Labute approximate surface area is 89.6 Å². The van der Waals surface area contributed by atoms with Gasteiger partial charge in [-0.3, -0.25) is 0 Å². The maximum absolute atomic E-state index is 13.0. The van der Waals surface area contributed by atoms with Crippen molar-refractivity contribution in [3.8, 4) is 5.69 Å². The van der Waals surface area contributed by atoms with E-state index in [9.17, 15) is 4.39 Å². The summed E-state index contributed by atoms with van der Waals surface area (Å²) < 4.78 is 14.3. The topological polar surface area (TPSA) is 69.6 Å². The molecule has 1 aromatic heterocycles. The molecule has 2 aromatic rings. The van der Waals surface area contributed by atoms with Crippen molar-refractivity contribution in [1.29, 1.82) is 0 Å². The normalized spacial score (nSPS) is 10.6. The van der Waals surface area contributed by atoms with Gasteiger partial charge < -0.3 is 5.73 Å². The van der Waals surface area contributed by atoms with Gasteiger partial charge >= 0.3 is 0 Å². The van der Waals surface area contributed by atoms with Crippen molar-refractivity contribution in [2.24, 2.45) is 5.73 Å². The van der Waals surface area contributed by atoms with E-state index in [1.54, 1.807) is 0 Å². The summed E-state index contributed by atoms with van der Waals surface area (Å²) in [5.41, 5.74) is 5.80. The zero-order valence-corrected chi connectivity index (χ0v) is 8.32. The Bertz CT molecular complexity index is 484. The predicted octanol–water partition coefficient (Wildman–Crippen LogP) is 0.913. The third-order valence-corrected chi connectivity index (χ3v) is 2.17. The molecule has 7 heteroatoms. The van der Waals surface area contributed by atoms with Crippen molar-refractivity contribution in [3.05, 3.63) is 34.9 Å². The van der Waals surface area contributed by atoms with Crippen molar-refractivity contribution in [1.82, 2.24) is 20.2 Å². The maximum Gasteiger partial charge on any atom is 0.170 e. The third-order valence-electron chi connectivity index (χ3n) is 1.85. The number of aromatic nitrogens is 4. The first-order chi connectivity index (χ1) is 7.22. The average molecular weight is 228 g/mol. The molecule has 0 atom stereocenters. The number of hydrogen-bond donors (Lipinski definition) is 1. The molecule has 15 heavy (non-hydrogen) atoms. The largest absolute Gasteiger partial charge is 0.324 e. The zero-order chi connectivity index (χ0) is 10.8. The first-order valence-electron chi connectivity index (χ1n) is 4.15. The van der Waals surface area contributed by atoms with Crippen LogP contribution in [0.1, 0.15) is 5.82 Å². The lowest BCUT2D eigenvalue weighted by Gasteiger charge is -2.04. The quantitative estimate of drug-likeness (QED) is 0.828. The Morgan fingerprint density at radius 3 is 3.00 bits per heavy atom. The lowest BCUT2D eigenvalue weighted by atomic mass is 10.3. The highest BCUT2D eigenvalue weighted by Gasteiger charge is 2.10. The van der Waals surface area contributed by atoms with E-state index in [0.717, 1.165) is 0 Å². The molecule has 1 aromatic carbocycles. The lowest BCUT2D eigenvalue weighted by Crippen LogP contribution is -2.08. The van der Waals surface area contributed by atoms with Crippen LogP contribution in [0.2, 0.25) is 5.02 Å². The van der Waals surface area contributed by atoms with Crippen LogP contribution in [-0.2, 0) is 6.54 Å². The van der Waals surface area contributed by atoms with Gasteiger partial charge in [-0.25, -0.2) is 4.39 Å². The van der Waals surface area contributed by atoms with Gasteiger partial charge in [0.05, 0.1) is 17.3 Å². The van der Waals surface area contributed by atoms with Gasteiger partial charge in [-0.05, 0) is 22.6 Å². The molecule has 0 bridgehead atoms. The number of nitrogens with zero attached hydrogens (tertiary/aromatic N) is 4. The SMILES string of the molecule is NCc1nnnn1-c1cc(F)ccc1Cl. The maximum atomic E-state index is 13.0. The van der Waals surface area contributed by atoms with Crippen LogP contribution < -0.4 is 5.73 Å². The zero-order valence-electron chi connectivity index (χ0n) is 7.56. The van der Waals surface area contributed by atoms with E-state index < -0.39 is 5.82 Å².